The molecule has 0 amide bonds. The van der Waals surface area contributed by atoms with E-state index in [0.717, 1.165) is 63.4 Å². The predicted octanol–water partition coefficient (Wildman–Crippen LogP) is 11.3. The van der Waals surface area contributed by atoms with Gasteiger partial charge < -0.3 is 10.2 Å². The number of carboxylic acids is 1. The van der Waals surface area contributed by atoms with E-state index in [1.807, 2.05) is 6.07 Å². The highest BCUT2D eigenvalue weighted by Gasteiger charge is 2.79. The van der Waals surface area contributed by atoms with Crippen LogP contribution in [0.5, 0.6) is 5.75 Å². The van der Waals surface area contributed by atoms with Crippen LogP contribution in [0.3, 0.4) is 0 Å². The molecule has 2 N–H and O–H groups in total. The topological polar surface area (TPSA) is 74.6 Å². The number of hydrogen-bond acceptors (Lipinski definition) is 3. The van der Waals surface area contributed by atoms with Crippen molar-refractivity contribution in [2.75, 3.05) is 0 Å². The van der Waals surface area contributed by atoms with Gasteiger partial charge in [0.2, 0.25) is 0 Å². The lowest BCUT2D eigenvalue weighted by molar-refractivity contribution is -0.375. The third-order valence-corrected chi connectivity index (χ3v) is 12.4. The summed E-state index contributed by atoms with van der Waals surface area (Å²) >= 11 is 0. The number of halogens is 8. The van der Waals surface area contributed by atoms with E-state index < -0.39 is 48.4 Å². The standard InChI is InChI=1S/C39H50F8O4/c1-4-36(40,37(41,42)38(43,44)39(45,46)47)19-12-15-25(34(50)51)13-10-8-6-5-7-9-11-14-26-21-27-22-28(48)16-17-29(27)30-18-20-35(3)24(2)32(49)23-31(35)33(26)30/h4,16-17,22,25-26,30-31,33,48H,1-2,5-15,18-21,23H2,3H3,(H,50,51)/t25?,26-,30?,31?,33?,35-,36?/m1/s1. The molecular weight excluding hydrogens is 684 g/mol. The number of fused-ring (bicyclic) bond motifs is 5. The molecule has 4 rings (SSSR count). The van der Waals surface area contributed by atoms with E-state index in [2.05, 4.69) is 26.1 Å². The Morgan fingerprint density at radius 3 is 2.16 bits per heavy atom. The van der Waals surface area contributed by atoms with Crippen LogP contribution in [0.25, 0.3) is 0 Å². The first kappa shape index (κ1) is 40.8. The summed E-state index contributed by atoms with van der Waals surface area (Å²) in [6.45, 7) is 9.09. The number of unbranched alkanes of at least 4 members (excludes halogenated alkanes) is 6. The molecule has 1 aromatic carbocycles. The Hall–Kier alpha value is -2.92. The number of carbonyl (C=O) groups excluding carboxylic acids is 1. The average Bonchev–Trinajstić information content (AvgIpc) is 3.29. The van der Waals surface area contributed by atoms with Crippen molar-refractivity contribution >= 4 is 11.8 Å². The molecule has 0 radical (unpaired) electrons. The van der Waals surface area contributed by atoms with Crippen molar-refractivity contribution in [1.82, 2.24) is 0 Å². The van der Waals surface area contributed by atoms with E-state index in [0.29, 0.717) is 37.0 Å². The molecule has 3 aliphatic carbocycles. The van der Waals surface area contributed by atoms with E-state index in [1.54, 1.807) is 6.07 Å². The Morgan fingerprint density at radius 1 is 0.941 bits per heavy atom. The maximum atomic E-state index is 14.8. The second-order valence-corrected chi connectivity index (χ2v) is 15.4. The minimum Gasteiger partial charge on any atom is -0.508 e. The molecule has 286 valence electrons. The van der Waals surface area contributed by atoms with Gasteiger partial charge in [-0.3, -0.25) is 9.59 Å². The molecule has 0 bridgehead atoms. The number of ketones is 1. The number of carboxylic acid groups (broad SMARTS) is 1. The number of aromatic hydroxyl groups is 1. The highest BCUT2D eigenvalue weighted by atomic mass is 19.4. The number of rotatable bonds is 18. The summed E-state index contributed by atoms with van der Waals surface area (Å²) in [6.07, 6.45) is 0.934. The highest BCUT2D eigenvalue weighted by molar-refractivity contribution is 5.99. The molecule has 2 fully saturated rings. The Morgan fingerprint density at radius 2 is 1.55 bits per heavy atom. The van der Waals surface area contributed by atoms with Crippen LogP contribution in [0.1, 0.15) is 120 Å². The van der Waals surface area contributed by atoms with Gasteiger partial charge in [-0.15, -0.1) is 0 Å². The zero-order valence-corrected chi connectivity index (χ0v) is 29.2. The van der Waals surface area contributed by atoms with Crippen LogP contribution in [-0.4, -0.2) is 45.7 Å². The number of carbonyl (C=O) groups is 2. The van der Waals surface area contributed by atoms with Gasteiger partial charge in [-0.1, -0.05) is 71.1 Å². The smallest absolute Gasteiger partial charge is 0.460 e. The lowest BCUT2D eigenvalue weighted by Crippen LogP contribution is -2.61. The molecule has 0 saturated heterocycles. The third-order valence-electron chi connectivity index (χ3n) is 12.4. The summed E-state index contributed by atoms with van der Waals surface area (Å²) in [5.41, 5.74) is -1.30. The maximum absolute atomic E-state index is 14.8. The van der Waals surface area contributed by atoms with E-state index >= 15 is 0 Å². The van der Waals surface area contributed by atoms with Gasteiger partial charge in [0, 0.05) is 6.42 Å². The lowest BCUT2D eigenvalue weighted by Gasteiger charge is -2.52. The first-order valence-electron chi connectivity index (χ1n) is 18.1. The molecule has 4 nitrogen and oxygen atoms in total. The normalized spacial score (nSPS) is 26.9. The molecule has 0 aromatic heterocycles. The first-order valence-corrected chi connectivity index (χ1v) is 18.1. The van der Waals surface area contributed by atoms with Crippen LogP contribution in [-0.2, 0) is 16.0 Å². The van der Waals surface area contributed by atoms with Gasteiger partial charge in [-0.05, 0) is 115 Å². The van der Waals surface area contributed by atoms with Gasteiger partial charge >= 0.3 is 24.0 Å². The Bertz CT molecular complexity index is 1440. The molecule has 7 atom stereocenters. The van der Waals surface area contributed by atoms with Crippen molar-refractivity contribution in [3.8, 4) is 5.75 Å². The van der Waals surface area contributed by atoms with Gasteiger partial charge in [0.15, 0.2) is 11.5 Å². The highest BCUT2D eigenvalue weighted by Crippen LogP contribution is 2.63. The van der Waals surface area contributed by atoms with Crippen molar-refractivity contribution in [3.63, 3.8) is 0 Å². The van der Waals surface area contributed by atoms with Crippen molar-refractivity contribution in [1.29, 1.82) is 0 Å². The lowest BCUT2D eigenvalue weighted by atomic mass is 9.52. The minimum atomic E-state index is -6.69. The van der Waals surface area contributed by atoms with E-state index in [-0.39, 0.29) is 41.8 Å². The largest absolute Gasteiger partial charge is 0.508 e. The number of phenols is 1. The molecule has 0 spiro atoms. The number of hydrogen-bond donors (Lipinski definition) is 2. The third kappa shape index (κ3) is 8.04. The molecular formula is C39H50F8O4. The van der Waals surface area contributed by atoms with Gasteiger partial charge in [-0.2, -0.15) is 30.7 Å². The summed E-state index contributed by atoms with van der Waals surface area (Å²) in [5.74, 6) is -13.3. The number of phenolic OH excluding ortho intramolecular Hbond substituents is 1. The SMILES string of the molecule is C=CC(F)(CCCC(CCCCCCCCC[C@@H]1Cc2cc(O)ccc2C2CC[C@]3(C)C(=C)C(=O)CC3C21)C(=O)O)C(F)(F)C(F)(F)C(F)(F)F. The molecule has 5 unspecified atom stereocenters. The number of benzene rings is 1. The summed E-state index contributed by atoms with van der Waals surface area (Å²) in [5, 5.41) is 19.7. The summed E-state index contributed by atoms with van der Waals surface area (Å²) in [7, 11) is 0. The quantitative estimate of drug-likeness (QED) is 0.0682. The van der Waals surface area contributed by atoms with Crippen LogP contribution < -0.4 is 0 Å². The second-order valence-electron chi connectivity index (χ2n) is 15.4. The second kappa shape index (κ2) is 15.6. The molecule has 51 heavy (non-hydrogen) atoms. The van der Waals surface area contributed by atoms with Gasteiger partial charge in [-0.25, -0.2) is 4.39 Å². The molecule has 12 heteroatoms. The molecule has 3 aliphatic rings. The Labute approximate surface area is 294 Å². The number of alkyl halides is 8. The fraction of sp³-hybridized carbons (Fsp3) is 0.692. The predicted molar refractivity (Wildman–Crippen MR) is 178 cm³/mol. The molecule has 0 heterocycles. The Kier molecular flexibility index (Phi) is 12.5. The van der Waals surface area contributed by atoms with Crippen LogP contribution in [0.2, 0.25) is 0 Å². The average molecular weight is 735 g/mol. The zero-order valence-electron chi connectivity index (χ0n) is 29.2. The summed E-state index contributed by atoms with van der Waals surface area (Å²) < 4.78 is 108. The first-order chi connectivity index (χ1) is 23.7. The fourth-order valence-electron chi connectivity index (χ4n) is 9.28. The summed E-state index contributed by atoms with van der Waals surface area (Å²) in [6, 6.07) is 5.69. The fourth-order valence-corrected chi connectivity index (χ4v) is 9.28. The van der Waals surface area contributed by atoms with Gasteiger partial charge in [0.25, 0.3) is 0 Å². The molecule has 2 saturated carbocycles. The van der Waals surface area contributed by atoms with Crippen LogP contribution in [0.15, 0.2) is 43.0 Å². The zero-order chi connectivity index (χ0) is 38.0. The van der Waals surface area contributed by atoms with Crippen molar-refractivity contribution in [3.05, 3.63) is 54.1 Å². The maximum Gasteiger partial charge on any atom is 0.460 e. The number of allylic oxidation sites excluding steroid dienone is 2. The van der Waals surface area contributed by atoms with Crippen molar-refractivity contribution in [2.24, 2.45) is 29.1 Å². The summed E-state index contributed by atoms with van der Waals surface area (Å²) in [4.78, 5) is 24.5. The van der Waals surface area contributed by atoms with E-state index in [4.69, 9.17) is 0 Å². The molecule has 1 aromatic rings. The van der Waals surface area contributed by atoms with Gasteiger partial charge in [0.05, 0.1) is 5.92 Å². The monoisotopic (exact) mass is 734 g/mol. The minimum absolute atomic E-state index is 0.133. The van der Waals surface area contributed by atoms with E-state index in [9.17, 15) is 54.9 Å². The number of aliphatic carboxylic acids is 1. The Balaban J connectivity index is 1.20. The van der Waals surface area contributed by atoms with Crippen molar-refractivity contribution < 1.29 is 54.9 Å². The van der Waals surface area contributed by atoms with Crippen LogP contribution in [0, 0.1) is 29.1 Å². The van der Waals surface area contributed by atoms with Crippen LogP contribution >= 0.6 is 0 Å². The van der Waals surface area contributed by atoms with Crippen molar-refractivity contribution in [2.45, 2.75) is 139 Å². The van der Waals surface area contributed by atoms with E-state index in [1.165, 1.54) is 11.1 Å². The molecule has 0 aliphatic heterocycles. The number of Topliss-reactive ketones (excluding diaryl/α,β-unsaturated/α-hetero) is 1. The van der Waals surface area contributed by atoms with Gasteiger partial charge in [0.1, 0.15) is 5.75 Å². The van der Waals surface area contributed by atoms with Crippen LogP contribution in [0.4, 0.5) is 35.1 Å².